The van der Waals surface area contributed by atoms with Crippen LogP contribution in [0.15, 0.2) is 41.9 Å². The molecule has 0 radical (unpaired) electrons. The molecule has 8 aliphatic heterocycles. The number of ether oxygens (including phenoxy) is 5. The summed E-state index contributed by atoms with van der Waals surface area (Å²) in [6, 6.07) is 7.73. The molecule has 1 aromatic carbocycles. The number of rotatable bonds is 7. The standard InChI is InChI=1S/C49H59N7O8S/c1-26(60-6)37-32(8-7-11-50-37)40-34-15-46(3,4)23-63-44(58)38-29-12-30(13-29)56(53-38)43(57)39(52-45(59)49-19-47(5,20-49)27(2)64-49)41(54-21-48(22-54)24-62-25-48)42-51-35(18-65-42)28-9-10-36(33(34)14-28)55(40)31-16-61-17-31/h7-11,14,18,26-27,29-31,38-39,41,53H,12-13,15-17,19-25H2,1-6H3,(H,52,59)/t26-,27+,29?,30?,38-,39-,41-,47?,49?/m0/s1/i2D3. The maximum atomic E-state index is 15.5. The molecular weight excluding hydrogens is 847 g/mol. The lowest BCUT2D eigenvalue weighted by Crippen LogP contribution is -2.74. The van der Waals surface area contributed by atoms with Gasteiger partial charge in [-0.15, -0.1) is 11.3 Å². The zero-order valence-electron chi connectivity index (χ0n) is 40.6. The maximum absolute atomic E-state index is 15.5. The van der Waals surface area contributed by atoms with Crippen LogP contribution in [0.1, 0.15) is 98.8 Å². The molecule has 0 unspecified atom stereocenters. The molecule has 15 nitrogen and oxygen atoms in total. The van der Waals surface area contributed by atoms with Crippen LogP contribution >= 0.6 is 11.3 Å². The van der Waals surface area contributed by atoms with Crippen molar-refractivity contribution in [2.75, 3.05) is 53.2 Å². The number of cyclic esters (lactones) is 1. The molecule has 7 saturated heterocycles. The Hall–Kier alpha value is -4.29. The van der Waals surface area contributed by atoms with E-state index in [0.29, 0.717) is 63.8 Å². The summed E-state index contributed by atoms with van der Waals surface area (Å²) in [5, 5.41) is 8.45. The number of hydrazine groups is 1. The van der Waals surface area contributed by atoms with Gasteiger partial charge in [-0.2, -0.15) is 0 Å². The molecule has 2 aliphatic carbocycles. The van der Waals surface area contributed by atoms with E-state index >= 15 is 4.79 Å². The Morgan fingerprint density at radius 3 is 2.57 bits per heavy atom. The van der Waals surface area contributed by atoms with Crippen molar-refractivity contribution in [3.05, 3.63) is 58.2 Å². The van der Waals surface area contributed by atoms with Gasteiger partial charge in [0.05, 0.1) is 74.4 Å². The topological polar surface area (TPSA) is 159 Å². The highest BCUT2D eigenvalue weighted by Gasteiger charge is 2.68. The first-order valence-corrected chi connectivity index (χ1v) is 24.0. The Labute approximate surface area is 387 Å². The molecular formula is C49H59N7O8S. The zero-order valence-corrected chi connectivity index (χ0v) is 38.4. The quantitative estimate of drug-likeness (QED) is 0.224. The highest BCUT2D eigenvalue weighted by atomic mass is 32.1. The fraction of sp³-hybridized carbons (Fsp3) is 0.612. The monoisotopic (exact) mass is 908 g/mol. The Kier molecular flexibility index (Phi) is 8.86. The van der Waals surface area contributed by atoms with Gasteiger partial charge in [0, 0.05) is 80.2 Å². The minimum atomic E-state index is -2.42. The number of nitrogens with zero attached hydrogens (tertiary/aromatic N) is 5. The predicted octanol–water partition coefficient (Wildman–Crippen LogP) is 5.54. The first-order chi connectivity index (χ1) is 32.4. The van der Waals surface area contributed by atoms with Gasteiger partial charge in [-0.25, -0.2) is 10.4 Å². The fourth-order valence-corrected chi connectivity index (χ4v) is 13.1. The summed E-state index contributed by atoms with van der Waals surface area (Å²) in [7, 11) is 1.69. The lowest BCUT2D eigenvalue weighted by Gasteiger charge is -2.58. The molecule has 4 aromatic rings. The van der Waals surface area contributed by atoms with E-state index in [0.717, 1.165) is 44.7 Å². The molecule has 9 fully saturated rings. The number of likely N-dealkylation sites (tertiary alicyclic amines) is 1. The van der Waals surface area contributed by atoms with Crippen LogP contribution in [0.25, 0.3) is 33.4 Å². The van der Waals surface area contributed by atoms with Gasteiger partial charge in [0.15, 0.2) is 0 Å². The highest BCUT2D eigenvalue weighted by Crippen LogP contribution is 2.61. The normalized spacial score (nSPS) is 35.0. The lowest BCUT2D eigenvalue weighted by molar-refractivity contribution is -0.204. The summed E-state index contributed by atoms with van der Waals surface area (Å²) in [5.41, 5.74) is 7.19. The minimum Gasteiger partial charge on any atom is -0.464 e. The lowest BCUT2D eigenvalue weighted by atomic mass is 9.61. The number of benzene rings is 1. The van der Waals surface area contributed by atoms with Gasteiger partial charge in [0.2, 0.25) is 0 Å². The van der Waals surface area contributed by atoms with Gasteiger partial charge in [-0.3, -0.25) is 29.3 Å². The van der Waals surface area contributed by atoms with Crippen molar-refractivity contribution >= 4 is 40.0 Å². The molecule has 10 bridgehead atoms. The molecule has 2 saturated carbocycles. The Morgan fingerprint density at radius 2 is 1.88 bits per heavy atom. The van der Waals surface area contributed by atoms with Crippen LogP contribution < -0.4 is 10.7 Å². The molecule has 3 aromatic heterocycles. The summed E-state index contributed by atoms with van der Waals surface area (Å²) < 4.78 is 57.0. The fourth-order valence-electron chi connectivity index (χ4n) is 12.1. The summed E-state index contributed by atoms with van der Waals surface area (Å²) in [4.78, 5) is 57.1. The number of pyridine rings is 1. The number of amides is 2. The molecule has 10 aliphatic rings. The molecule has 2 amide bonds. The Bertz CT molecular complexity index is 2710. The number of fused-ring (bicyclic) bond motifs is 5. The molecule has 5 atom stereocenters. The molecule has 2 N–H and O–H groups in total. The molecule has 16 heteroatoms. The predicted molar refractivity (Wildman–Crippen MR) is 240 cm³/mol. The molecule has 11 heterocycles. The van der Waals surface area contributed by atoms with Crippen molar-refractivity contribution in [3.63, 3.8) is 0 Å². The number of esters is 1. The van der Waals surface area contributed by atoms with Crippen molar-refractivity contribution in [1.82, 2.24) is 35.2 Å². The largest absolute Gasteiger partial charge is 0.464 e. The van der Waals surface area contributed by atoms with Crippen molar-refractivity contribution in [2.45, 2.75) is 115 Å². The number of carbonyl (C=O) groups is 3. The third kappa shape index (κ3) is 6.51. The average Bonchev–Trinajstić information content (AvgIpc) is 4.00. The molecule has 65 heavy (non-hydrogen) atoms. The van der Waals surface area contributed by atoms with E-state index < -0.39 is 65.3 Å². The van der Waals surface area contributed by atoms with Crippen LogP contribution in [-0.4, -0.2) is 125 Å². The van der Waals surface area contributed by atoms with Crippen LogP contribution in [0.4, 0.5) is 0 Å². The van der Waals surface area contributed by atoms with Crippen LogP contribution in [0.3, 0.4) is 0 Å². The number of hydrogen-bond donors (Lipinski definition) is 2. The third-order valence-corrected chi connectivity index (χ3v) is 16.9. The van der Waals surface area contributed by atoms with Crippen LogP contribution in [0, 0.1) is 22.2 Å². The Morgan fingerprint density at radius 1 is 1.08 bits per heavy atom. The van der Waals surface area contributed by atoms with Crippen molar-refractivity contribution in [2.24, 2.45) is 22.2 Å². The van der Waals surface area contributed by atoms with Gasteiger partial charge in [0.1, 0.15) is 22.7 Å². The number of nitrogens with one attached hydrogen (secondary N) is 2. The summed E-state index contributed by atoms with van der Waals surface area (Å²) in [6.45, 7) is 9.38. The van der Waals surface area contributed by atoms with Crippen LogP contribution in [0.5, 0.6) is 0 Å². The van der Waals surface area contributed by atoms with E-state index in [1.165, 1.54) is 11.3 Å². The van der Waals surface area contributed by atoms with E-state index in [1.807, 2.05) is 25.3 Å². The number of thiazole rings is 1. The van der Waals surface area contributed by atoms with E-state index in [9.17, 15) is 9.59 Å². The second kappa shape index (κ2) is 14.9. The maximum Gasteiger partial charge on any atom is 0.325 e. The van der Waals surface area contributed by atoms with Crippen molar-refractivity contribution < 1.29 is 42.2 Å². The average molecular weight is 909 g/mol. The number of methoxy groups -OCH3 is 1. The summed E-state index contributed by atoms with van der Waals surface area (Å²) in [6.07, 6.45) is 2.64. The third-order valence-electron chi connectivity index (χ3n) is 15.9. The number of aromatic nitrogens is 3. The van der Waals surface area contributed by atoms with Gasteiger partial charge in [-0.1, -0.05) is 26.8 Å². The van der Waals surface area contributed by atoms with E-state index in [4.69, 9.17) is 37.8 Å². The van der Waals surface area contributed by atoms with E-state index in [1.54, 1.807) is 18.3 Å². The first-order valence-electron chi connectivity index (χ1n) is 24.6. The Balaban J connectivity index is 1.01. The smallest absolute Gasteiger partial charge is 0.325 e. The van der Waals surface area contributed by atoms with E-state index in [2.05, 4.69) is 58.3 Å². The van der Waals surface area contributed by atoms with Crippen molar-refractivity contribution in [1.29, 1.82) is 0 Å². The zero-order chi connectivity index (χ0) is 47.3. The van der Waals surface area contributed by atoms with E-state index in [-0.39, 0.29) is 49.0 Å². The van der Waals surface area contributed by atoms with Gasteiger partial charge in [0.25, 0.3) is 11.8 Å². The summed E-state index contributed by atoms with van der Waals surface area (Å²) in [5.74, 6) is -1.37. The van der Waals surface area contributed by atoms with Gasteiger partial charge in [-0.05, 0) is 81.6 Å². The second-order valence-electron chi connectivity index (χ2n) is 21.4. The summed E-state index contributed by atoms with van der Waals surface area (Å²) >= 11 is 1.45. The SMILES string of the molecule is [2H]C([2H])([2H])[C@H]1OC2(C(=O)N[C@@H]3C(=O)N4N[C@H](C(=O)OCC(C)(C)Cc5c(-c6cccnc6[C@H](C)OC)n(C6COC6)c6ccc(cc56)-c5csc(n5)[C@H]3N3CC5(COC5)C3)C3CC4C3)CC1(C)C2. The number of hydrogen-bond acceptors (Lipinski definition) is 13. The van der Waals surface area contributed by atoms with Gasteiger partial charge >= 0.3 is 5.97 Å². The van der Waals surface area contributed by atoms with Crippen LogP contribution in [-0.2, 0) is 44.5 Å². The molecule has 14 rings (SSSR count). The second-order valence-corrected chi connectivity index (χ2v) is 22.3. The van der Waals surface area contributed by atoms with Crippen molar-refractivity contribution in [3.8, 4) is 22.5 Å². The first kappa shape index (κ1) is 38.8. The molecule has 344 valence electrons. The van der Waals surface area contributed by atoms with Gasteiger partial charge < -0.3 is 33.6 Å². The van der Waals surface area contributed by atoms with Crippen LogP contribution in [0.2, 0.25) is 0 Å². The molecule has 1 spiro atoms. The minimum absolute atomic E-state index is 0.0285. The highest BCUT2D eigenvalue weighted by molar-refractivity contribution is 7.10. The number of carbonyl (C=O) groups excluding carboxylic acids is 3.